The molecule has 8 heteroatoms. The van der Waals surface area contributed by atoms with Gasteiger partial charge in [0.25, 0.3) is 0 Å². The van der Waals surface area contributed by atoms with Gasteiger partial charge in [0, 0.05) is 35.4 Å². The molecule has 0 heterocycles. The van der Waals surface area contributed by atoms with E-state index in [1.807, 2.05) is 0 Å². The molecular weight excluding hydrogens is 393 g/mol. The summed E-state index contributed by atoms with van der Waals surface area (Å²) in [6.07, 6.45) is 0. The van der Waals surface area contributed by atoms with Gasteiger partial charge in [0.05, 0.1) is 19.2 Å². The Morgan fingerprint density at radius 3 is 1.68 bits per heavy atom. The fourth-order valence-electron chi connectivity index (χ4n) is 2.84. The first kappa shape index (κ1) is 27.8. The van der Waals surface area contributed by atoms with Crippen LogP contribution in [-0.2, 0) is 14.1 Å². The lowest BCUT2D eigenvalue weighted by Gasteiger charge is -2.45. The molecule has 0 saturated heterocycles. The van der Waals surface area contributed by atoms with Crippen LogP contribution in [0.5, 0.6) is 0 Å². The van der Waals surface area contributed by atoms with Gasteiger partial charge in [0.15, 0.2) is 8.45 Å². The minimum absolute atomic E-state index is 0.0419. The average Bonchev–Trinajstić information content (AvgIpc) is 2.55. The van der Waals surface area contributed by atoms with E-state index in [0.29, 0.717) is 54.6 Å². The summed E-state index contributed by atoms with van der Waals surface area (Å²) < 4.78 is 16.9. The van der Waals surface area contributed by atoms with Crippen molar-refractivity contribution >= 4 is 25.3 Å². The van der Waals surface area contributed by atoms with E-state index in [4.69, 9.17) is 15.0 Å². The van der Waals surface area contributed by atoms with Crippen molar-refractivity contribution in [2.75, 3.05) is 19.2 Å². The van der Waals surface area contributed by atoms with Crippen molar-refractivity contribution in [3.63, 3.8) is 0 Å². The smallest absolute Gasteiger partial charge is 0.218 e. The van der Waals surface area contributed by atoms with Gasteiger partial charge >= 0.3 is 0 Å². The highest BCUT2D eigenvalue weighted by Crippen LogP contribution is 2.50. The van der Waals surface area contributed by atoms with Gasteiger partial charge in [0.2, 0.25) is 5.12 Å². The number of hydrogen-bond donors (Lipinski definition) is 1. The number of nitrogens with two attached hydrogens (primary N) is 1. The molecule has 0 fully saturated rings. The Kier molecular flexibility index (Phi) is 13.9. The molecule has 0 bridgehead atoms. The highest BCUT2D eigenvalue weighted by atomic mass is 32.2. The van der Waals surface area contributed by atoms with E-state index in [0.717, 1.165) is 11.8 Å². The van der Waals surface area contributed by atoms with Crippen molar-refractivity contribution in [3.8, 4) is 0 Å². The molecule has 0 radical (unpaired) electrons. The van der Waals surface area contributed by atoms with Crippen LogP contribution in [-0.4, -0.2) is 57.8 Å². The number of allylic oxidation sites excluding steroid dienone is 1. The monoisotopic (exact) mass is 435 g/mol. The van der Waals surface area contributed by atoms with Gasteiger partial charge in [-0.1, -0.05) is 11.8 Å². The van der Waals surface area contributed by atoms with Crippen LogP contribution in [0.2, 0.25) is 0 Å². The number of rotatable bonds is 13. The molecule has 0 aliphatic rings. The molecule has 0 atom stereocenters. The molecule has 0 saturated carbocycles. The molecule has 0 aromatic carbocycles. The summed E-state index contributed by atoms with van der Waals surface area (Å²) in [5.74, 6) is 0.306. The Balaban J connectivity index is 4.82. The van der Waals surface area contributed by atoms with E-state index >= 15 is 0 Å². The van der Waals surface area contributed by atoms with Crippen LogP contribution < -0.4 is 5.73 Å². The SMILES string of the molecule is C/C(N)=C(/C)C(=O)SCOCCOP(N(C(C)C)C(C)C)N(C(C)C)C(C)C. The largest absolute Gasteiger partial charge is 0.402 e. The van der Waals surface area contributed by atoms with Crippen molar-refractivity contribution < 1.29 is 14.1 Å². The fraction of sp³-hybridized carbons (Fsp3) is 0.850. The third-order valence-electron chi connectivity index (χ3n) is 4.12. The Labute approximate surface area is 178 Å². The van der Waals surface area contributed by atoms with Gasteiger partial charge in [-0.05, 0) is 69.2 Å². The van der Waals surface area contributed by atoms with Crippen LogP contribution in [0.15, 0.2) is 11.3 Å². The van der Waals surface area contributed by atoms with Crippen LogP contribution in [0.1, 0.15) is 69.2 Å². The Morgan fingerprint density at radius 1 is 0.893 bits per heavy atom. The van der Waals surface area contributed by atoms with E-state index in [1.54, 1.807) is 13.8 Å². The molecule has 28 heavy (non-hydrogen) atoms. The molecule has 2 N–H and O–H groups in total. The quantitative estimate of drug-likeness (QED) is 0.190. The maximum Gasteiger partial charge on any atom is 0.218 e. The second-order valence-corrected chi connectivity index (χ2v) is 10.6. The molecule has 0 aromatic rings. The molecule has 0 amide bonds. The normalized spacial score (nSPS) is 13.8. The summed E-state index contributed by atoms with van der Waals surface area (Å²) in [6.45, 7) is 22.1. The number of carbonyl (C=O) groups excluding carboxylic acids is 1. The van der Waals surface area contributed by atoms with Crippen LogP contribution in [0.25, 0.3) is 0 Å². The van der Waals surface area contributed by atoms with E-state index in [2.05, 4.69) is 64.7 Å². The Hall–Kier alpha value is -0.170. The van der Waals surface area contributed by atoms with Gasteiger partial charge in [0.1, 0.15) is 0 Å². The van der Waals surface area contributed by atoms with Gasteiger partial charge in [-0.25, -0.2) is 9.34 Å². The van der Waals surface area contributed by atoms with Crippen molar-refractivity contribution in [3.05, 3.63) is 11.3 Å². The zero-order valence-electron chi connectivity index (χ0n) is 19.5. The number of ether oxygens (including phenoxy) is 1. The highest BCUT2D eigenvalue weighted by Gasteiger charge is 2.34. The van der Waals surface area contributed by atoms with Crippen molar-refractivity contribution in [1.82, 2.24) is 9.34 Å². The van der Waals surface area contributed by atoms with Crippen molar-refractivity contribution in [2.24, 2.45) is 5.73 Å². The zero-order valence-corrected chi connectivity index (χ0v) is 21.2. The van der Waals surface area contributed by atoms with Crippen LogP contribution >= 0.6 is 20.2 Å². The maximum atomic E-state index is 11.9. The van der Waals surface area contributed by atoms with Gasteiger partial charge in [-0.3, -0.25) is 4.79 Å². The van der Waals surface area contributed by atoms with Crippen LogP contribution in [0, 0.1) is 0 Å². The predicted molar refractivity (Wildman–Crippen MR) is 123 cm³/mol. The molecule has 0 spiro atoms. The Bertz CT molecular complexity index is 459. The number of nitrogens with zero attached hydrogens (tertiary/aromatic N) is 2. The summed E-state index contributed by atoms with van der Waals surface area (Å²) >= 11 is 1.13. The van der Waals surface area contributed by atoms with Crippen molar-refractivity contribution in [2.45, 2.75) is 93.4 Å². The summed E-state index contributed by atoms with van der Waals surface area (Å²) in [7, 11) is -0.909. The standard InChI is InChI=1S/C20H42N3O3PS/c1-14(2)22(15(3)4)27(23(16(5)6)17(7)8)26-12-11-25-13-28-20(24)18(9)19(10)21/h14-17H,11-13,21H2,1-10H3/b19-18+. The third kappa shape index (κ3) is 9.55. The fourth-order valence-corrected chi connectivity index (χ4v) is 5.85. The van der Waals surface area contributed by atoms with Gasteiger partial charge in [-0.2, -0.15) is 0 Å². The first-order valence-electron chi connectivity index (χ1n) is 10.1. The maximum absolute atomic E-state index is 11.9. The summed E-state index contributed by atoms with van der Waals surface area (Å²) in [6, 6.07) is 1.54. The molecule has 166 valence electrons. The molecule has 0 unspecified atom stereocenters. The minimum Gasteiger partial charge on any atom is -0.402 e. The third-order valence-corrected chi connectivity index (χ3v) is 8.02. The molecule has 0 aromatic heterocycles. The lowest BCUT2D eigenvalue weighted by Crippen LogP contribution is -2.43. The molecular formula is C20H42N3O3PS. The highest BCUT2D eigenvalue weighted by molar-refractivity contribution is 8.14. The number of hydrogen-bond acceptors (Lipinski definition) is 7. The van der Waals surface area contributed by atoms with Gasteiger partial charge < -0.3 is 15.0 Å². The topological polar surface area (TPSA) is 68.0 Å². The first-order chi connectivity index (χ1) is 12.9. The summed E-state index contributed by atoms with van der Waals surface area (Å²) in [4.78, 5) is 11.9. The van der Waals surface area contributed by atoms with Crippen LogP contribution in [0.4, 0.5) is 0 Å². The minimum atomic E-state index is -0.909. The van der Waals surface area contributed by atoms with E-state index in [-0.39, 0.29) is 5.12 Å². The second kappa shape index (κ2) is 13.9. The first-order valence-corrected chi connectivity index (χ1v) is 12.2. The van der Waals surface area contributed by atoms with Gasteiger partial charge in [-0.15, -0.1) is 0 Å². The molecule has 0 aliphatic carbocycles. The molecule has 0 rings (SSSR count). The number of carbonyl (C=O) groups is 1. The van der Waals surface area contributed by atoms with E-state index in [1.165, 1.54) is 0 Å². The number of thioether (sulfide) groups is 1. The van der Waals surface area contributed by atoms with E-state index < -0.39 is 8.45 Å². The summed E-state index contributed by atoms with van der Waals surface area (Å²) in [5, 5.41) is -0.0419. The lowest BCUT2D eigenvalue weighted by atomic mass is 10.3. The predicted octanol–water partition coefficient (Wildman–Crippen LogP) is 4.95. The average molecular weight is 436 g/mol. The molecule has 6 nitrogen and oxygen atoms in total. The molecule has 0 aliphatic heterocycles. The van der Waals surface area contributed by atoms with Crippen molar-refractivity contribution in [1.29, 1.82) is 0 Å². The van der Waals surface area contributed by atoms with E-state index in [9.17, 15) is 4.79 Å². The van der Waals surface area contributed by atoms with Crippen LogP contribution in [0.3, 0.4) is 0 Å². The Morgan fingerprint density at radius 2 is 1.32 bits per heavy atom. The zero-order chi connectivity index (χ0) is 22.0. The second-order valence-electron chi connectivity index (χ2n) is 7.99. The summed E-state index contributed by atoms with van der Waals surface area (Å²) in [5.41, 5.74) is 6.79. The lowest BCUT2D eigenvalue weighted by molar-refractivity contribution is -0.108.